The molecule has 1 aromatic carbocycles. The molecule has 0 radical (unpaired) electrons. The number of nitrogens with two attached hydrogens (primary N) is 1. The number of nitrogens with zero attached hydrogens (tertiary/aromatic N) is 6. The molecule has 2 N–H and O–H groups in total. The van der Waals surface area contributed by atoms with Crippen molar-refractivity contribution in [3.63, 3.8) is 0 Å². The normalized spacial score (nSPS) is 20.1. The van der Waals surface area contributed by atoms with Crippen molar-refractivity contribution in [2.75, 3.05) is 43.9 Å². The van der Waals surface area contributed by atoms with Crippen LogP contribution in [0.5, 0.6) is 0 Å². The first-order valence-electron chi connectivity index (χ1n) is 14.8. The number of likely N-dealkylation sites (N-methyl/N-ethyl adjacent to an activating group) is 1. The number of anilines is 2. The largest absolute Gasteiger partial charge is 0.383 e. The van der Waals surface area contributed by atoms with Crippen LogP contribution in [-0.2, 0) is 6.54 Å². The lowest BCUT2D eigenvalue weighted by molar-refractivity contribution is 0.294. The number of hydrogen-bond donors (Lipinski definition) is 1. The van der Waals surface area contributed by atoms with Gasteiger partial charge in [-0.25, -0.2) is 9.97 Å². The third-order valence-corrected chi connectivity index (χ3v) is 8.57. The van der Waals surface area contributed by atoms with E-state index in [-0.39, 0.29) is 5.92 Å². The minimum Gasteiger partial charge on any atom is -0.383 e. The van der Waals surface area contributed by atoms with Gasteiger partial charge in [0.15, 0.2) is 0 Å². The number of aromatic nitrogens is 2. The van der Waals surface area contributed by atoms with E-state index in [0.29, 0.717) is 23.4 Å². The van der Waals surface area contributed by atoms with Crippen molar-refractivity contribution in [1.29, 1.82) is 0 Å². The highest BCUT2D eigenvalue weighted by Crippen LogP contribution is 2.32. The molecule has 220 valence electrons. The van der Waals surface area contributed by atoms with Crippen LogP contribution in [0, 0.1) is 11.8 Å². The Bertz CT molecular complexity index is 1440. The summed E-state index contributed by atoms with van der Waals surface area (Å²) in [5, 5.41) is 7.88. The zero-order chi connectivity index (χ0) is 29.8. The monoisotopic (exact) mass is 583 g/mol. The summed E-state index contributed by atoms with van der Waals surface area (Å²) in [5.41, 5.74) is 12.1. The Labute approximate surface area is 255 Å². The molecule has 3 unspecified atom stereocenters. The number of rotatable bonds is 10. The third-order valence-electron chi connectivity index (χ3n) is 8.46. The lowest BCUT2D eigenvalue weighted by Crippen LogP contribution is -2.41. The van der Waals surface area contributed by atoms with E-state index in [0.717, 1.165) is 59.3 Å². The Morgan fingerprint density at radius 3 is 2.57 bits per heavy atom. The van der Waals surface area contributed by atoms with Gasteiger partial charge in [0.05, 0.1) is 12.3 Å². The average molecular weight is 584 g/mol. The molecular weight excluding hydrogens is 542 g/mol. The van der Waals surface area contributed by atoms with Crippen LogP contribution in [0.15, 0.2) is 89.3 Å². The molecule has 2 aromatic heterocycles. The van der Waals surface area contributed by atoms with Crippen molar-refractivity contribution in [3.8, 4) is 11.1 Å². The Kier molecular flexibility index (Phi) is 9.29. The standard InChI is InChI=1S/C34H42ClN7/c1-6-42(21-26-10-8-7-9-11-26)39-33(25(4)23(2)14-24(3)35)31-16-29(18-38-34(31)36)28-12-13-32(37-17-28)41-20-27-15-30(22-41)40(5)19-27/h7-14,16-18,25,27,30H,2,6,15,19-22H2,1,3-5H3,(H2,36,38)/b24-14+,39-33+. The van der Waals surface area contributed by atoms with Crippen LogP contribution in [0.25, 0.3) is 11.1 Å². The third kappa shape index (κ3) is 6.85. The lowest BCUT2D eigenvalue weighted by atomic mass is 9.91. The number of piperidine rings is 1. The van der Waals surface area contributed by atoms with Gasteiger partial charge < -0.3 is 15.5 Å². The maximum Gasteiger partial charge on any atom is 0.132 e. The maximum absolute atomic E-state index is 6.53. The van der Waals surface area contributed by atoms with E-state index in [1.54, 1.807) is 0 Å². The van der Waals surface area contributed by atoms with E-state index in [2.05, 4.69) is 77.6 Å². The molecule has 0 aliphatic carbocycles. The fourth-order valence-corrected chi connectivity index (χ4v) is 6.19. The Hall–Kier alpha value is -3.68. The van der Waals surface area contributed by atoms with Crippen LogP contribution in [-0.4, -0.2) is 64.9 Å². The van der Waals surface area contributed by atoms with E-state index in [1.165, 1.54) is 18.5 Å². The summed E-state index contributed by atoms with van der Waals surface area (Å²) in [6.45, 7) is 15.0. The van der Waals surface area contributed by atoms with Crippen LogP contribution in [0.1, 0.15) is 38.3 Å². The molecule has 2 aliphatic heterocycles. The Morgan fingerprint density at radius 2 is 1.90 bits per heavy atom. The van der Waals surface area contributed by atoms with E-state index in [9.17, 15) is 0 Å². The average Bonchev–Trinajstić information content (AvgIpc) is 3.25. The van der Waals surface area contributed by atoms with Gasteiger partial charge in [-0.2, -0.15) is 5.10 Å². The first kappa shape index (κ1) is 29.8. The first-order chi connectivity index (χ1) is 20.2. The van der Waals surface area contributed by atoms with Crippen molar-refractivity contribution in [3.05, 3.63) is 95.3 Å². The van der Waals surface area contributed by atoms with Gasteiger partial charge in [0, 0.05) is 72.3 Å². The molecule has 3 atom stereocenters. The number of allylic oxidation sites excluding steroid dienone is 3. The molecule has 3 aromatic rings. The summed E-state index contributed by atoms with van der Waals surface area (Å²) in [7, 11) is 2.23. The van der Waals surface area contributed by atoms with Gasteiger partial charge in [-0.1, -0.05) is 55.4 Å². The number of likely N-dealkylation sites (tertiary alicyclic amines) is 1. The van der Waals surface area contributed by atoms with Gasteiger partial charge in [0.1, 0.15) is 11.6 Å². The number of hydrazone groups is 1. The molecule has 2 aliphatic rings. The smallest absolute Gasteiger partial charge is 0.132 e. The number of nitrogen functional groups attached to an aromatic ring is 1. The Morgan fingerprint density at radius 1 is 1.14 bits per heavy atom. The number of halogens is 1. The summed E-state index contributed by atoms with van der Waals surface area (Å²) in [4.78, 5) is 14.4. The summed E-state index contributed by atoms with van der Waals surface area (Å²) in [5.74, 6) is 2.03. The summed E-state index contributed by atoms with van der Waals surface area (Å²) in [6, 6.07) is 17.3. The highest BCUT2D eigenvalue weighted by molar-refractivity contribution is 6.29. The molecule has 2 bridgehead atoms. The highest BCUT2D eigenvalue weighted by atomic mass is 35.5. The predicted octanol–water partition coefficient (Wildman–Crippen LogP) is 6.43. The maximum atomic E-state index is 6.53. The highest BCUT2D eigenvalue weighted by Gasteiger charge is 2.36. The van der Waals surface area contributed by atoms with E-state index < -0.39 is 0 Å². The number of hydrogen-bond acceptors (Lipinski definition) is 7. The second-order valence-corrected chi connectivity index (χ2v) is 12.2. The molecular formula is C34H42ClN7. The van der Waals surface area contributed by atoms with Crippen molar-refractivity contribution >= 4 is 28.9 Å². The molecule has 5 rings (SSSR count). The number of pyridine rings is 2. The molecule has 2 saturated heterocycles. The predicted molar refractivity (Wildman–Crippen MR) is 176 cm³/mol. The summed E-state index contributed by atoms with van der Waals surface area (Å²) >= 11 is 6.24. The molecule has 0 spiro atoms. The zero-order valence-corrected chi connectivity index (χ0v) is 25.9. The van der Waals surface area contributed by atoms with Crippen molar-refractivity contribution in [2.24, 2.45) is 16.9 Å². The zero-order valence-electron chi connectivity index (χ0n) is 25.2. The quantitative estimate of drug-likeness (QED) is 0.168. The number of fused-ring (bicyclic) bond motifs is 2. The van der Waals surface area contributed by atoms with Gasteiger partial charge >= 0.3 is 0 Å². The minimum absolute atomic E-state index is 0.143. The molecule has 0 amide bonds. The minimum atomic E-state index is -0.143. The molecule has 4 heterocycles. The first-order valence-corrected chi connectivity index (χ1v) is 15.2. The van der Waals surface area contributed by atoms with E-state index in [1.807, 2.05) is 43.6 Å². The fraction of sp³-hybridized carbons (Fsp3) is 0.382. The van der Waals surface area contributed by atoms with Gasteiger partial charge in [-0.3, -0.25) is 5.01 Å². The number of benzene rings is 1. The van der Waals surface area contributed by atoms with Gasteiger partial charge in [-0.15, -0.1) is 0 Å². The topological polar surface area (TPSA) is 73.9 Å². The van der Waals surface area contributed by atoms with E-state index >= 15 is 0 Å². The van der Waals surface area contributed by atoms with E-state index in [4.69, 9.17) is 27.4 Å². The van der Waals surface area contributed by atoms with Crippen LogP contribution >= 0.6 is 11.6 Å². The van der Waals surface area contributed by atoms with Crippen LogP contribution in [0.3, 0.4) is 0 Å². The molecule has 7 nitrogen and oxygen atoms in total. The van der Waals surface area contributed by atoms with Gasteiger partial charge in [-0.05, 0) is 68.6 Å². The SMILES string of the molecule is C=C(/C=C(\C)Cl)C(C)/C(=N\N(CC)Cc1ccccc1)c1cc(-c2ccc(N3CC4CC(C3)N(C)C4)nc2)cnc1N. The van der Waals surface area contributed by atoms with Crippen molar-refractivity contribution in [2.45, 2.75) is 39.8 Å². The fourth-order valence-electron chi connectivity index (χ4n) is 6.05. The van der Waals surface area contributed by atoms with Crippen LogP contribution in [0.4, 0.5) is 11.6 Å². The second kappa shape index (κ2) is 13.1. The van der Waals surface area contributed by atoms with Crippen LogP contribution < -0.4 is 10.6 Å². The second-order valence-electron chi connectivity index (χ2n) is 11.6. The van der Waals surface area contributed by atoms with Gasteiger partial charge in [0.2, 0.25) is 0 Å². The molecule has 42 heavy (non-hydrogen) atoms. The molecule has 2 fully saturated rings. The summed E-state index contributed by atoms with van der Waals surface area (Å²) < 4.78 is 0. The Balaban J connectivity index is 1.46. The van der Waals surface area contributed by atoms with Crippen molar-refractivity contribution in [1.82, 2.24) is 19.9 Å². The van der Waals surface area contributed by atoms with Gasteiger partial charge in [0.25, 0.3) is 0 Å². The molecule has 8 heteroatoms. The van der Waals surface area contributed by atoms with Crippen LogP contribution in [0.2, 0.25) is 0 Å². The lowest BCUT2D eigenvalue weighted by Gasteiger charge is -2.33. The summed E-state index contributed by atoms with van der Waals surface area (Å²) in [6.07, 6.45) is 6.93. The van der Waals surface area contributed by atoms with Crippen molar-refractivity contribution < 1.29 is 0 Å². The molecule has 0 saturated carbocycles.